The average Bonchev–Trinajstić information content (AvgIpc) is 3.11. The molecule has 1 saturated carbocycles. The van der Waals surface area contributed by atoms with Gasteiger partial charge in [-0.05, 0) is 42.4 Å². The molecule has 1 aromatic carbocycles. The van der Waals surface area contributed by atoms with Crippen LogP contribution < -0.4 is 5.32 Å². The Bertz CT molecular complexity index is 463. The van der Waals surface area contributed by atoms with Crippen molar-refractivity contribution in [1.82, 2.24) is 0 Å². The van der Waals surface area contributed by atoms with Gasteiger partial charge in [0.2, 0.25) is 0 Å². The SMILES string of the molecule is CC(C)c1cccc(NC2=NCC(C3CC3)S2)c1. The van der Waals surface area contributed by atoms with Crippen molar-refractivity contribution in [2.75, 3.05) is 11.9 Å². The summed E-state index contributed by atoms with van der Waals surface area (Å²) in [5.41, 5.74) is 2.55. The number of nitrogens with zero attached hydrogens (tertiary/aromatic N) is 1. The lowest BCUT2D eigenvalue weighted by atomic mass is 10.0. The molecule has 1 atom stereocenters. The molecule has 0 saturated heterocycles. The molecular weight excluding hydrogens is 240 g/mol. The normalized spacial score (nSPS) is 23.3. The maximum atomic E-state index is 4.62. The quantitative estimate of drug-likeness (QED) is 0.884. The van der Waals surface area contributed by atoms with Gasteiger partial charge in [-0.25, -0.2) is 0 Å². The summed E-state index contributed by atoms with van der Waals surface area (Å²) in [6.07, 6.45) is 2.81. The molecule has 1 aromatic rings. The van der Waals surface area contributed by atoms with Crippen LogP contribution in [0.15, 0.2) is 29.3 Å². The number of hydrogen-bond acceptors (Lipinski definition) is 3. The number of anilines is 1. The second-order valence-corrected chi connectivity index (χ2v) is 6.77. The lowest BCUT2D eigenvalue weighted by Gasteiger charge is -2.10. The van der Waals surface area contributed by atoms with Crippen molar-refractivity contribution in [2.24, 2.45) is 10.9 Å². The molecular formula is C15H20N2S. The van der Waals surface area contributed by atoms with Gasteiger partial charge in [-0.1, -0.05) is 37.7 Å². The smallest absolute Gasteiger partial charge is 0.161 e. The molecule has 1 aliphatic heterocycles. The molecule has 2 aliphatic rings. The predicted octanol–water partition coefficient (Wildman–Crippen LogP) is 4.10. The van der Waals surface area contributed by atoms with Gasteiger partial charge in [0.15, 0.2) is 5.17 Å². The zero-order chi connectivity index (χ0) is 12.5. The molecule has 1 fully saturated rings. The summed E-state index contributed by atoms with van der Waals surface area (Å²) in [7, 11) is 0. The van der Waals surface area contributed by atoms with E-state index in [1.807, 2.05) is 11.8 Å². The van der Waals surface area contributed by atoms with Crippen molar-refractivity contribution in [3.63, 3.8) is 0 Å². The lowest BCUT2D eigenvalue weighted by Crippen LogP contribution is -2.09. The van der Waals surface area contributed by atoms with Crippen molar-refractivity contribution >= 4 is 22.6 Å². The molecule has 1 aliphatic carbocycles. The Morgan fingerprint density at radius 3 is 2.89 bits per heavy atom. The molecule has 18 heavy (non-hydrogen) atoms. The van der Waals surface area contributed by atoms with Gasteiger partial charge in [-0.3, -0.25) is 4.99 Å². The second-order valence-electron chi connectivity index (χ2n) is 5.54. The van der Waals surface area contributed by atoms with Crippen LogP contribution in [0.2, 0.25) is 0 Å². The van der Waals surface area contributed by atoms with Crippen LogP contribution in [0.3, 0.4) is 0 Å². The largest absolute Gasteiger partial charge is 0.335 e. The molecule has 0 aromatic heterocycles. The maximum absolute atomic E-state index is 4.62. The third kappa shape index (κ3) is 2.72. The second kappa shape index (κ2) is 4.96. The van der Waals surface area contributed by atoms with Crippen LogP contribution in [0.25, 0.3) is 0 Å². The summed E-state index contributed by atoms with van der Waals surface area (Å²) in [4.78, 5) is 4.62. The Morgan fingerprint density at radius 2 is 2.17 bits per heavy atom. The van der Waals surface area contributed by atoms with Gasteiger partial charge >= 0.3 is 0 Å². The van der Waals surface area contributed by atoms with E-state index in [9.17, 15) is 0 Å². The fraction of sp³-hybridized carbons (Fsp3) is 0.533. The first-order chi connectivity index (χ1) is 8.72. The third-order valence-electron chi connectivity index (χ3n) is 3.63. The van der Waals surface area contributed by atoms with E-state index >= 15 is 0 Å². The highest BCUT2D eigenvalue weighted by atomic mass is 32.2. The van der Waals surface area contributed by atoms with E-state index < -0.39 is 0 Å². The van der Waals surface area contributed by atoms with E-state index in [1.165, 1.54) is 24.1 Å². The fourth-order valence-corrected chi connectivity index (χ4v) is 3.50. The minimum Gasteiger partial charge on any atom is -0.335 e. The number of hydrogen-bond donors (Lipinski definition) is 1. The van der Waals surface area contributed by atoms with Gasteiger partial charge in [0, 0.05) is 10.9 Å². The van der Waals surface area contributed by atoms with Crippen LogP contribution in [0.4, 0.5) is 5.69 Å². The van der Waals surface area contributed by atoms with E-state index in [4.69, 9.17) is 0 Å². The maximum Gasteiger partial charge on any atom is 0.161 e. The number of thioether (sulfide) groups is 1. The standard InChI is InChI=1S/C15H20N2S/c1-10(2)12-4-3-5-13(8-12)17-15-16-9-14(18-15)11-6-7-11/h3-5,8,10-11,14H,6-7,9H2,1-2H3,(H,16,17). The van der Waals surface area contributed by atoms with Crippen LogP contribution in [0.1, 0.15) is 38.2 Å². The molecule has 1 heterocycles. The predicted molar refractivity (Wildman–Crippen MR) is 80.6 cm³/mol. The molecule has 0 bridgehead atoms. The van der Waals surface area contributed by atoms with Crippen LogP contribution in [-0.2, 0) is 0 Å². The first-order valence-corrected chi connectivity index (χ1v) is 7.68. The molecule has 2 nitrogen and oxygen atoms in total. The summed E-state index contributed by atoms with van der Waals surface area (Å²) < 4.78 is 0. The Morgan fingerprint density at radius 1 is 1.33 bits per heavy atom. The summed E-state index contributed by atoms with van der Waals surface area (Å²) >= 11 is 1.93. The zero-order valence-electron chi connectivity index (χ0n) is 11.0. The van der Waals surface area contributed by atoms with Crippen molar-refractivity contribution in [3.05, 3.63) is 29.8 Å². The van der Waals surface area contributed by atoms with Gasteiger partial charge in [-0.2, -0.15) is 0 Å². The van der Waals surface area contributed by atoms with Gasteiger partial charge in [0.1, 0.15) is 0 Å². The van der Waals surface area contributed by atoms with Crippen molar-refractivity contribution < 1.29 is 0 Å². The first kappa shape index (κ1) is 12.1. The minimum atomic E-state index is 0.573. The summed E-state index contributed by atoms with van der Waals surface area (Å²) in [5.74, 6) is 1.50. The van der Waals surface area contributed by atoms with Gasteiger partial charge in [0.05, 0.1) is 6.54 Å². The summed E-state index contributed by atoms with van der Waals surface area (Å²) in [5, 5.41) is 5.30. The minimum absolute atomic E-state index is 0.573. The van der Waals surface area contributed by atoms with Gasteiger partial charge < -0.3 is 5.32 Å². The Labute approximate surface area is 113 Å². The molecule has 96 valence electrons. The van der Waals surface area contributed by atoms with E-state index in [0.29, 0.717) is 5.92 Å². The fourth-order valence-electron chi connectivity index (χ4n) is 2.27. The van der Waals surface area contributed by atoms with Crippen molar-refractivity contribution in [2.45, 2.75) is 37.9 Å². The molecule has 1 unspecified atom stereocenters. The number of benzene rings is 1. The monoisotopic (exact) mass is 260 g/mol. The molecule has 0 spiro atoms. The van der Waals surface area contributed by atoms with Crippen LogP contribution in [0, 0.1) is 5.92 Å². The van der Waals surface area contributed by atoms with E-state index in [-0.39, 0.29) is 0 Å². The number of rotatable bonds is 3. The zero-order valence-corrected chi connectivity index (χ0v) is 11.8. The highest BCUT2D eigenvalue weighted by Gasteiger charge is 2.35. The van der Waals surface area contributed by atoms with E-state index in [0.717, 1.165) is 22.9 Å². The Balaban J connectivity index is 1.64. The van der Waals surface area contributed by atoms with Crippen molar-refractivity contribution in [1.29, 1.82) is 0 Å². The van der Waals surface area contributed by atoms with Gasteiger partial charge in [0.25, 0.3) is 0 Å². The average molecular weight is 260 g/mol. The van der Waals surface area contributed by atoms with Gasteiger partial charge in [-0.15, -0.1) is 0 Å². The van der Waals surface area contributed by atoms with Crippen LogP contribution >= 0.6 is 11.8 Å². The Hall–Kier alpha value is -0.960. The lowest BCUT2D eigenvalue weighted by molar-refractivity contribution is 0.773. The van der Waals surface area contributed by atoms with Crippen LogP contribution in [-0.4, -0.2) is 17.0 Å². The highest BCUT2D eigenvalue weighted by Crippen LogP contribution is 2.41. The summed E-state index contributed by atoms with van der Waals surface area (Å²) in [6, 6.07) is 8.67. The first-order valence-electron chi connectivity index (χ1n) is 6.80. The molecule has 0 amide bonds. The van der Waals surface area contributed by atoms with Crippen LogP contribution in [0.5, 0.6) is 0 Å². The van der Waals surface area contributed by atoms with Crippen molar-refractivity contribution in [3.8, 4) is 0 Å². The molecule has 3 rings (SSSR count). The number of amidine groups is 1. The van der Waals surface area contributed by atoms with E-state index in [2.05, 4.69) is 48.4 Å². The Kier molecular flexibility index (Phi) is 3.33. The molecule has 0 radical (unpaired) electrons. The summed E-state index contributed by atoms with van der Waals surface area (Å²) in [6.45, 7) is 5.45. The molecule has 1 N–H and O–H groups in total. The number of nitrogens with one attached hydrogen (secondary N) is 1. The topological polar surface area (TPSA) is 24.4 Å². The third-order valence-corrected chi connectivity index (χ3v) is 4.92. The highest BCUT2D eigenvalue weighted by molar-refractivity contribution is 8.15. The number of aliphatic imine (C=N–C) groups is 1. The molecule has 3 heteroatoms. The van der Waals surface area contributed by atoms with E-state index in [1.54, 1.807) is 0 Å².